The third-order valence-corrected chi connectivity index (χ3v) is 4.54. The van der Waals surface area contributed by atoms with Crippen molar-refractivity contribution in [2.45, 2.75) is 71.1 Å². The largest absolute Gasteiger partial charge is 1.00 e. The van der Waals surface area contributed by atoms with Crippen molar-refractivity contribution in [2.24, 2.45) is 0 Å². The third-order valence-electron chi connectivity index (χ3n) is 4.54. The van der Waals surface area contributed by atoms with Crippen molar-refractivity contribution < 1.29 is 21.5 Å². The molecule has 0 heterocycles. The average Bonchev–Trinajstić information content (AvgIpc) is 2.50. The molecule has 0 radical (unpaired) electrons. The zero-order valence-electron chi connectivity index (χ0n) is 15.6. The van der Waals surface area contributed by atoms with Crippen LogP contribution >= 0.6 is 0 Å². The molecule has 0 saturated carbocycles. The van der Waals surface area contributed by atoms with Crippen LogP contribution in [-0.2, 0) is 0 Å². The summed E-state index contributed by atoms with van der Waals surface area (Å²) in [5, 5.41) is 0. The van der Waals surface area contributed by atoms with Crippen molar-refractivity contribution in [3.05, 3.63) is 38.0 Å². The zero-order valence-corrected chi connectivity index (χ0v) is 17.2. The molecule has 0 spiro atoms. The number of hydrogen-bond donors (Lipinski definition) is 0. The second-order valence-corrected chi connectivity index (χ2v) is 6.66. The monoisotopic (exact) mass is 385 g/mol. The molecule has 0 bridgehead atoms. The van der Waals surface area contributed by atoms with Gasteiger partial charge in [-0.1, -0.05) is 78.0 Å². The third kappa shape index (κ3) is 13.8. The lowest BCUT2D eigenvalue weighted by molar-refractivity contribution is -0.912. The fourth-order valence-corrected chi connectivity index (χ4v) is 3.25. The van der Waals surface area contributed by atoms with Crippen LogP contribution in [-0.4, -0.2) is 30.7 Å². The Bertz CT molecular complexity index is 259. The zero-order chi connectivity index (χ0) is 16.5. The van der Waals surface area contributed by atoms with Crippen molar-refractivity contribution in [3.63, 3.8) is 0 Å². The summed E-state index contributed by atoms with van der Waals surface area (Å²) in [6.07, 6.45) is 20.1. The van der Waals surface area contributed by atoms with Crippen molar-refractivity contribution in [3.8, 4) is 0 Å². The molecule has 0 saturated heterocycles. The predicted molar refractivity (Wildman–Crippen MR) is 102 cm³/mol. The van der Waals surface area contributed by atoms with E-state index in [2.05, 4.69) is 26.7 Å². The minimum absolute atomic E-state index is 0. The Labute approximate surface area is 156 Å². The molecular weight excluding hydrogens is 346 g/mol. The number of rotatable bonds is 17. The maximum atomic E-state index is 3.93. The quantitative estimate of drug-likeness (QED) is 0.204. The number of halogens is 1. The minimum atomic E-state index is 0. The Kier molecular flexibility index (Phi) is 19.5. The second-order valence-electron chi connectivity index (χ2n) is 6.66. The Morgan fingerprint density at radius 2 is 0.957 bits per heavy atom. The summed E-state index contributed by atoms with van der Waals surface area (Å²) in [4.78, 5) is 0. The van der Waals surface area contributed by atoms with Gasteiger partial charge in [0.25, 0.3) is 0 Å². The predicted octanol–water partition coefficient (Wildman–Crippen LogP) is 3.29. The van der Waals surface area contributed by atoms with E-state index in [4.69, 9.17) is 0 Å². The lowest BCUT2D eigenvalue weighted by Crippen LogP contribution is -3.00. The molecule has 0 aromatic heterocycles. The van der Waals surface area contributed by atoms with E-state index in [9.17, 15) is 0 Å². The summed E-state index contributed by atoms with van der Waals surface area (Å²) in [5.74, 6) is 0. The molecule has 0 unspecified atom stereocenters. The van der Waals surface area contributed by atoms with E-state index >= 15 is 0 Å². The number of quaternary nitrogens is 1. The molecule has 136 valence electrons. The Hall–Kier alpha value is -0.340. The van der Waals surface area contributed by atoms with Gasteiger partial charge in [-0.2, -0.15) is 0 Å². The van der Waals surface area contributed by atoms with Gasteiger partial charge >= 0.3 is 0 Å². The first-order chi connectivity index (χ1) is 10.7. The summed E-state index contributed by atoms with van der Waals surface area (Å²) in [6.45, 7) is 18.3. The van der Waals surface area contributed by atoms with Gasteiger partial charge < -0.3 is 21.5 Å². The highest BCUT2D eigenvalue weighted by molar-refractivity contribution is 4.76. The van der Waals surface area contributed by atoms with Gasteiger partial charge in [0.1, 0.15) is 0 Å². The van der Waals surface area contributed by atoms with Crippen LogP contribution in [0, 0.1) is 0 Å². The summed E-state index contributed by atoms with van der Waals surface area (Å²) in [7, 11) is 0. The van der Waals surface area contributed by atoms with Gasteiger partial charge in [-0.3, -0.25) is 0 Å². The highest BCUT2D eigenvalue weighted by atomic mass is 79.9. The van der Waals surface area contributed by atoms with Gasteiger partial charge in [-0.25, -0.2) is 0 Å². The topological polar surface area (TPSA) is 0 Å². The second kappa shape index (κ2) is 18.0. The van der Waals surface area contributed by atoms with E-state index < -0.39 is 0 Å². The number of nitrogens with zero attached hydrogens (tertiary/aromatic N) is 1. The van der Waals surface area contributed by atoms with Crippen LogP contribution in [0.4, 0.5) is 0 Å². The van der Waals surface area contributed by atoms with Gasteiger partial charge in [0.15, 0.2) is 0 Å². The SMILES string of the molecule is C=CC[N+](CC=C)(CC=C)CCCCCCCCCCCC.[Br-]. The highest BCUT2D eigenvalue weighted by Crippen LogP contribution is 2.14. The summed E-state index contributed by atoms with van der Waals surface area (Å²) in [6, 6.07) is 0. The van der Waals surface area contributed by atoms with Crippen LogP contribution in [0.5, 0.6) is 0 Å². The first-order valence-electron chi connectivity index (χ1n) is 9.42. The molecule has 0 amide bonds. The van der Waals surface area contributed by atoms with E-state index in [1.54, 1.807) is 0 Å². The van der Waals surface area contributed by atoms with Gasteiger partial charge in [0.2, 0.25) is 0 Å². The van der Waals surface area contributed by atoms with Gasteiger partial charge in [0, 0.05) is 0 Å². The molecule has 0 aromatic carbocycles. The molecule has 23 heavy (non-hydrogen) atoms. The van der Waals surface area contributed by atoms with E-state index in [0.29, 0.717) is 0 Å². The number of unbranched alkanes of at least 4 members (excludes halogenated alkanes) is 9. The molecule has 0 aliphatic heterocycles. The molecule has 1 nitrogen and oxygen atoms in total. The minimum Gasteiger partial charge on any atom is -1.00 e. The van der Waals surface area contributed by atoms with E-state index in [1.807, 2.05) is 18.2 Å². The Morgan fingerprint density at radius 3 is 1.30 bits per heavy atom. The summed E-state index contributed by atoms with van der Waals surface area (Å²) >= 11 is 0. The maximum Gasteiger partial charge on any atom is 0.0975 e. The van der Waals surface area contributed by atoms with Crippen LogP contribution in [0.3, 0.4) is 0 Å². The molecule has 0 aliphatic rings. The molecule has 0 fully saturated rings. The fourth-order valence-electron chi connectivity index (χ4n) is 3.25. The summed E-state index contributed by atoms with van der Waals surface area (Å²) in [5.41, 5.74) is 0. The van der Waals surface area contributed by atoms with E-state index in [1.165, 1.54) is 70.8 Å². The molecule has 0 aromatic rings. The smallest absolute Gasteiger partial charge is 0.0975 e. The lowest BCUT2D eigenvalue weighted by atomic mass is 10.1. The molecule has 2 heteroatoms. The molecule has 0 aliphatic carbocycles. The Morgan fingerprint density at radius 1 is 0.609 bits per heavy atom. The standard InChI is InChI=1S/C21H40N.BrH/c1-5-9-10-11-12-13-14-15-16-17-21-22(18-6-2,19-7-3)20-8-4;/h6-8H,2-5,9-21H2,1H3;1H/q+1;/p-1. The lowest BCUT2D eigenvalue weighted by Gasteiger charge is -2.36. The Balaban J connectivity index is 0. The highest BCUT2D eigenvalue weighted by Gasteiger charge is 2.21. The van der Waals surface area contributed by atoms with E-state index in [0.717, 1.165) is 24.1 Å². The summed E-state index contributed by atoms with van der Waals surface area (Å²) < 4.78 is 1.05. The maximum absolute atomic E-state index is 3.93. The van der Waals surface area contributed by atoms with Crippen molar-refractivity contribution in [1.29, 1.82) is 0 Å². The number of hydrogen-bond acceptors (Lipinski definition) is 0. The molecule has 0 rings (SSSR count). The van der Waals surface area contributed by atoms with Crippen molar-refractivity contribution in [1.82, 2.24) is 0 Å². The van der Waals surface area contributed by atoms with Crippen LogP contribution < -0.4 is 17.0 Å². The molecular formula is C21H40BrN. The van der Waals surface area contributed by atoms with Crippen molar-refractivity contribution in [2.75, 3.05) is 26.2 Å². The first kappa shape index (κ1) is 24.9. The fraction of sp³-hybridized carbons (Fsp3) is 0.714. The first-order valence-corrected chi connectivity index (χ1v) is 9.42. The molecule has 0 N–H and O–H groups in total. The van der Waals surface area contributed by atoms with E-state index in [-0.39, 0.29) is 17.0 Å². The van der Waals surface area contributed by atoms with Crippen LogP contribution in [0.15, 0.2) is 38.0 Å². The van der Waals surface area contributed by atoms with Gasteiger partial charge in [-0.15, -0.1) is 0 Å². The van der Waals surface area contributed by atoms with Crippen LogP contribution in [0.2, 0.25) is 0 Å². The van der Waals surface area contributed by atoms with Crippen molar-refractivity contribution >= 4 is 0 Å². The average molecular weight is 386 g/mol. The van der Waals surface area contributed by atoms with Crippen LogP contribution in [0.25, 0.3) is 0 Å². The van der Waals surface area contributed by atoms with Gasteiger partial charge in [0.05, 0.1) is 26.2 Å². The van der Waals surface area contributed by atoms with Gasteiger partial charge in [-0.05, 0) is 31.1 Å². The normalized spacial score (nSPS) is 10.8. The van der Waals surface area contributed by atoms with Crippen LogP contribution in [0.1, 0.15) is 71.1 Å². The molecule has 0 atom stereocenters.